The summed E-state index contributed by atoms with van der Waals surface area (Å²) in [6.45, 7) is 9.92. The minimum atomic E-state index is -0.193. The molecule has 7 atom stereocenters. The predicted molar refractivity (Wildman–Crippen MR) is 112 cm³/mol. The Hall–Kier alpha value is -1.58. The van der Waals surface area contributed by atoms with Crippen LogP contribution in [0.5, 0.6) is 0 Å². The average Bonchev–Trinajstić information content (AvgIpc) is 2.98. The van der Waals surface area contributed by atoms with E-state index in [9.17, 15) is 9.59 Å². The van der Waals surface area contributed by atoms with Crippen LogP contribution in [0.1, 0.15) is 79.6 Å². The fourth-order valence-corrected chi connectivity index (χ4v) is 7.51. The molecule has 160 valence electrons. The lowest BCUT2D eigenvalue weighted by Gasteiger charge is -2.58. The van der Waals surface area contributed by atoms with Gasteiger partial charge in [0, 0.05) is 20.3 Å². The van der Waals surface area contributed by atoms with E-state index < -0.39 is 0 Å². The maximum atomic E-state index is 11.5. The number of hydrogen-bond acceptors (Lipinski definition) is 4. The number of rotatable bonds is 3. The molecule has 0 aromatic heterocycles. The normalized spacial score (nSPS) is 41.8. The first-order valence-corrected chi connectivity index (χ1v) is 11.4. The van der Waals surface area contributed by atoms with Crippen molar-refractivity contribution in [2.45, 2.75) is 91.8 Å². The van der Waals surface area contributed by atoms with E-state index in [4.69, 9.17) is 9.47 Å². The van der Waals surface area contributed by atoms with Crippen LogP contribution in [0, 0.1) is 28.6 Å². The van der Waals surface area contributed by atoms with Gasteiger partial charge in [0.1, 0.15) is 12.2 Å². The molecular formula is C25H36O4. The molecule has 0 amide bonds. The minimum absolute atomic E-state index is 0.0570. The van der Waals surface area contributed by atoms with Crippen molar-refractivity contribution in [3.05, 3.63) is 23.3 Å². The second-order valence-corrected chi connectivity index (χ2v) is 10.3. The second-order valence-electron chi connectivity index (χ2n) is 10.3. The highest BCUT2D eigenvalue weighted by Crippen LogP contribution is 2.65. The monoisotopic (exact) mass is 400 g/mol. The zero-order valence-corrected chi connectivity index (χ0v) is 18.6. The molecule has 2 saturated carbocycles. The van der Waals surface area contributed by atoms with Crippen LogP contribution in [0.25, 0.3) is 0 Å². The number of ether oxygens (including phenoxy) is 2. The van der Waals surface area contributed by atoms with Crippen LogP contribution >= 0.6 is 0 Å². The molecular weight excluding hydrogens is 364 g/mol. The zero-order valence-electron chi connectivity index (χ0n) is 18.6. The van der Waals surface area contributed by atoms with Crippen LogP contribution in [0.15, 0.2) is 23.3 Å². The Labute approximate surface area is 175 Å². The minimum Gasteiger partial charge on any atom is -0.462 e. The molecule has 0 saturated heterocycles. The van der Waals surface area contributed by atoms with Crippen LogP contribution in [-0.2, 0) is 19.1 Å². The average molecular weight is 401 g/mol. The van der Waals surface area contributed by atoms with E-state index in [1.165, 1.54) is 37.8 Å². The molecule has 0 unspecified atom stereocenters. The summed E-state index contributed by atoms with van der Waals surface area (Å²) in [5.74, 6) is 1.67. The van der Waals surface area contributed by atoms with Gasteiger partial charge < -0.3 is 9.47 Å². The number of hydrogen-bond donors (Lipinski definition) is 0. The van der Waals surface area contributed by atoms with E-state index in [0.717, 1.165) is 32.1 Å². The smallest absolute Gasteiger partial charge is 0.303 e. The summed E-state index contributed by atoms with van der Waals surface area (Å²) < 4.78 is 11.1. The number of carbonyl (C=O) groups excluding carboxylic acids is 2. The molecule has 0 aromatic rings. The van der Waals surface area contributed by atoms with Crippen molar-refractivity contribution in [1.29, 1.82) is 0 Å². The van der Waals surface area contributed by atoms with Gasteiger partial charge in [0.15, 0.2) is 0 Å². The molecule has 0 spiro atoms. The first kappa shape index (κ1) is 20.7. The summed E-state index contributed by atoms with van der Waals surface area (Å²) >= 11 is 0. The highest BCUT2D eigenvalue weighted by atomic mass is 16.5. The maximum absolute atomic E-state index is 11.5. The van der Waals surface area contributed by atoms with Crippen LogP contribution in [0.4, 0.5) is 0 Å². The van der Waals surface area contributed by atoms with Crippen LogP contribution in [0.2, 0.25) is 0 Å². The molecule has 4 heteroatoms. The summed E-state index contributed by atoms with van der Waals surface area (Å²) in [6.07, 6.45) is 12.4. The Bertz CT molecular complexity index is 765. The second kappa shape index (κ2) is 7.28. The molecule has 0 aliphatic heterocycles. The number of esters is 2. The fourth-order valence-electron chi connectivity index (χ4n) is 7.51. The van der Waals surface area contributed by atoms with Crippen molar-refractivity contribution in [3.8, 4) is 0 Å². The first-order valence-electron chi connectivity index (χ1n) is 11.4. The lowest BCUT2D eigenvalue weighted by molar-refractivity contribution is -0.149. The lowest BCUT2D eigenvalue weighted by atomic mass is 9.47. The van der Waals surface area contributed by atoms with E-state index in [0.29, 0.717) is 17.8 Å². The van der Waals surface area contributed by atoms with Crippen molar-refractivity contribution < 1.29 is 19.1 Å². The zero-order chi connectivity index (χ0) is 21.0. The lowest BCUT2D eigenvalue weighted by Crippen LogP contribution is -2.50. The SMILES string of the molecule is CC(=O)O[C@H]1CC[C@@]2(C)C(=CC[C@H]3[C@H]2CC[C@@]2(C)C([C@@H](C)OC(C)=O)=CC[C@H]32)C1. The summed E-state index contributed by atoms with van der Waals surface area (Å²) in [4.78, 5) is 22.9. The van der Waals surface area contributed by atoms with Gasteiger partial charge in [-0.05, 0) is 79.6 Å². The van der Waals surface area contributed by atoms with Crippen LogP contribution in [-0.4, -0.2) is 24.1 Å². The molecule has 29 heavy (non-hydrogen) atoms. The highest BCUT2D eigenvalue weighted by molar-refractivity contribution is 5.66. The summed E-state index contributed by atoms with van der Waals surface area (Å²) in [5.41, 5.74) is 3.26. The predicted octanol–water partition coefficient (Wildman–Crippen LogP) is 5.37. The summed E-state index contributed by atoms with van der Waals surface area (Å²) in [6, 6.07) is 0. The molecule has 0 aromatic carbocycles. The maximum Gasteiger partial charge on any atom is 0.303 e. The third-order valence-electron chi connectivity index (χ3n) is 8.81. The Morgan fingerprint density at radius 2 is 1.72 bits per heavy atom. The van der Waals surface area contributed by atoms with Gasteiger partial charge in [0.25, 0.3) is 0 Å². The molecule has 0 radical (unpaired) electrons. The van der Waals surface area contributed by atoms with Crippen molar-refractivity contribution in [2.24, 2.45) is 28.6 Å². The topological polar surface area (TPSA) is 52.6 Å². The summed E-state index contributed by atoms with van der Waals surface area (Å²) in [7, 11) is 0. The van der Waals surface area contributed by atoms with Gasteiger partial charge in [-0.1, -0.05) is 31.6 Å². The van der Waals surface area contributed by atoms with Gasteiger partial charge in [0.05, 0.1) is 0 Å². The van der Waals surface area contributed by atoms with Crippen molar-refractivity contribution in [2.75, 3.05) is 0 Å². The molecule has 4 nitrogen and oxygen atoms in total. The van der Waals surface area contributed by atoms with E-state index in [1.807, 2.05) is 6.92 Å². The third kappa shape index (κ3) is 3.37. The van der Waals surface area contributed by atoms with Crippen LogP contribution in [0.3, 0.4) is 0 Å². The Morgan fingerprint density at radius 1 is 1.00 bits per heavy atom. The molecule has 2 fully saturated rings. The van der Waals surface area contributed by atoms with E-state index in [2.05, 4.69) is 26.0 Å². The molecule has 4 aliphatic rings. The number of fused-ring (bicyclic) bond motifs is 5. The van der Waals surface area contributed by atoms with Crippen LogP contribution < -0.4 is 0 Å². The van der Waals surface area contributed by atoms with Gasteiger partial charge >= 0.3 is 11.9 Å². The molecule has 0 heterocycles. The van der Waals surface area contributed by atoms with E-state index in [1.54, 1.807) is 0 Å². The number of allylic oxidation sites excluding steroid dienone is 2. The highest BCUT2D eigenvalue weighted by Gasteiger charge is 2.57. The Balaban J connectivity index is 1.55. The van der Waals surface area contributed by atoms with Crippen molar-refractivity contribution in [3.63, 3.8) is 0 Å². The number of carbonyl (C=O) groups is 2. The molecule has 4 rings (SSSR count). The molecule has 0 N–H and O–H groups in total. The van der Waals surface area contributed by atoms with Gasteiger partial charge in [-0.3, -0.25) is 9.59 Å². The third-order valence-corrected chi connectivity index (χ3v) is 8.81. The standard InChI is InChI=1S/C25H36O4/c1-15(28-16(2)26)21-8-9-22-20-7-6-18-14-19(29-17(3)27)10-12-24(18,4)23(20)11-13-25(21,22)5/h6,8,15,19-20,22-23H,7,9-14H2,1-5H3/t15-,19+,20-,22-,23-,24+,25+/m1/s1. The largest absolute Gasteiger partial charge is 0.462 e. The Morgan fingerprint density at radius 3 is 2.41 bits per heavy atom. The van der Waals surface area contributed by atoms with Gasteiger partial charge in [-0.15, -0.1) is 0 Å². The quantitative estimate of drug-likeness (QED) is 0.472. The van der Waals surface area contributed by atoms with E-state index >= 15 is 0 Å². The molecule has 0 bridgehead atoms. The van der Waals surface area contributed by atoms with E-state index in [-0.39, 0.29) is 35.0 Å². The van der Waals surface area contributed by atoms with Gasteiger partial charge in [-0.2, -0.15) is 0 Å². The van der Waals surface area contributed by atoms with Gasteiger partial charge in [-0.25, -0.2) is 0 Å². The van der Waals surface area contributed by atoms with Gasteiger partial charge in [0.2, 0.25) is 0 Å². The molecule has 4 aliphatic carbocycles. The first-order chi connectivity index (χ1) is 13.6. The van der Waals surface area contributed by atoms with Crippen molar-refractivity contribution >= 4 is 11.9 Å². The fraction of sp³-hybridized carbons (Fsp3) is 0.760. The summed E-state index contributed by atoms with van der Waals surface area (Å²) in [5, 5.41) is 0. The van der Waals surface area contributed by atoms with Crippen molar-refractivity contribution in [1.82, 2.24) is 0 Å². The Kier molecular flexibility index (Phi) is 5.19.